The van der Waals surface area contributed by atoms with Crippen LogP contribution in [0.15, 0.2) is 109 Å². The molecule has 5 atom stereocenters. The normalized spacial score (nSPS) is 23.1. The van der Waals surface area contributed by atoms with Gasteiger partial charge in [-0.15, -0.1) is 0 Å². The van der Waals surface area contributed by atoms with Crippen LogP contribution in [0.4, 0.5) is 5.69 Å². The molecule has 45 heavy (non-hydrogen) atoms. The Balaban J connectivity index is 0.953. The summed E-state index contributed by atoms with van der Waals surface area (Å²) in [4.78, 5) is 65.9. The second-order valence-electron chi connectivity index (χ2n) is 11.8. The standard InChI is InChI=1S/C37H29NO7/c39-31(23-13-17-28(18-14-23)45-37(43)24-9-5-2-6-10-24)21-44-36(42)25-11-15-27(16-12-25)38-34(40)32-26-19-29(22-7-3-1-4-8-22)30(20-26)33(32)35(38)41/h1-18,26,29-30,32-33H,19-21H2/t26-,29-,30+,32+,33+/m0/s1. The van der Waals surface area contributed by atoms with Crippen LogP contribution in [0.2, 0.25) is 0 Å². The molecule has 1 heterocycles. The highest BCUT2D eigenvalue weighted by molar-refractivity contribution is 6.22. The summed E-state index contributed by atoms with van der Waals surface area (Å²) in [7, 11) is 0. The third kappa shape index (κ3) is 5.22. The zero-order chi connectivity index (χ0) is 31.1. The quantitative estimate of drug-likeness (QED) is 0.108. The van der Waals surface area contributed by atoms with Crippen LogP contribution in [0, 0.1) is 23.7 Å². The number of carbonyl (C=O) groups excluding carboxylic acids is 5. The number of ketones is 1. The lowest BCUT2D eigenvalue weighted by Gasteiger charge is -2.28. The number of rotatable bonds is 8. The fourth-order valence-electron chi connectivity index (χ4n) is 7.29. The molecule has 0 aromatic heterocycles. The number of fused-ring (bicyclic) bond motifs is 5. The van der Waals surface area contributed by atoms with Crippen molar-refractivity contribution in [2.75, 3.05) is 11.5 Å². The van der Waals surface area contributed by atoms with Crippen LogP contribution in [0.5, 0.6) is 5.75 Å². The number of hydrogen-bond acceptors (Lipinski definition) is 7. The minimum atomic E-state index is -0.706. The number of esters is 2. The largest absolute Gasteiger partial charge is 0.454 e. The minimum absolute atomic E-state index is 0.149. The predicted molar refractivity (Wildman–Crippen MR) is 164 cm³/mol. The lowest BCUT2D eigenvalue weighted by Crippen LogP contribution is -2.33. The van der Waals surface area contributed by atoms with E-state index < -0.39 is 24.3 Å². The Morgan fingerprint density at radius 2 is 1.24 bits per heavy atom. The van der Waals surface area contributed by atoms with E-state index in [-0.39, 0.29) is 58.3 Å². The van der Waals surface area contributed by atoms with Gasteiger partial charge < -0.3 is 9.47 Å². The molecule has 4 aromatic carbocycles. The first-order valence-corrected chi connectivity index (χ1v) is 15.0. The van der Waals surface area contributed by atoms with E-state index in [0.29, 0.717) is 11.3 Å². The van der Waals surface area contributed by atoms with Gasteiger partial charge >= 0.3 is 11.9 Å². The van der Waals surface area contributed by atoms with Crippen LogP contribution < -0.4 is 9.64 Å². The van der Waals surface area contributed by atoms with Gasteiger partial charge in [-0.1, -0.05) is 48.5 Å². The maximum Gasteiger partial charge on any atom is 0.343 e. The van der Waals surface area contributed by atoms with Crippen molar-refractivity contribution >= 4 is 35.2 Å². The van der Waals surface area contributed by atoms with Gasteiger partial charge in [-0.3, -0.25) is 19.3 Å². The molecule has 3 aliphatic rings. The number of amides is 2. The molecule has 224 valence electrons. The van der Waals surface area contributed by atoms with Gasteiger partial charge in [-0.05, 0) is 96.8 Å². The van der Waals surface area contributed by atoms with E-state index in [2.05, 4.69) is 12.1 Å². The lowest BCUT2D eigenvalue weighted by atomic mass is 9.73. The fraction of sp³-hybridized carbons (Fsp3) is 0.216. The summed E-state index contributed by atoms with van der Waals surface area (Å²) in [5.74, 6) is -1.68. The summed E-state index contributed by atoms with van der Waals surface area (Å²) >= 11 is 0. The van der Waals surface area contributed by atoms with Crippen LogP contribution in [-0.2, 0) is 14.3 Å². The molecule has 4 aromatic rings. The molecule has 2 aliphatic carbocycles. The van der Waals surface area contributed by atoms with Gasteiger partial charge in [-0.25, -0.2) is 9.59 Å². The first-order chi connectivity index (χ1) is 21.9. The molecule has 3 fully saturated rings. The second-order valence-corrected chi connectivity index (χ2v) is 11.8. The van der Waals surface area contributed by atoms with Crippen molar-refractivity contribution in [2.24, 2.45) is 23.7 Å². The fourth-order valence-corrected chi connectivity index (χ4v) is 7.29. The highest BCUT2D eigenvalue weighted by Crippen LogP contribution is 2.61. The predicted octanol–water partition coefficient (Wildman–Crippen LogP) is 5.87. The van der Waals surface area contributed by atoms with Crippen molar-refractivity contribution in [2.45, 2.75) is 18.8 Å². The Kier molecular flexibility index (Phi) is 7.33. The van der Waals surface area contributed by atoms with E-state index in [1.165, 1.54) is 46.9 Å². The van der Waals surface area contributed by atoms with E-state index in [1.54, 1.807) is 42.5 Å². The molecule has 2 amide bonds. The maximum absolute atomic E-state index is 13.6. The Labute approximate surface area is 259 Å². The summed E-state index contributed by atoms with van der Waals surface area (Å²) in [5, 5.41) is 0. The van der Waals surface area contributed by atoms with E-state index in [0.717, 1.165) is 12.8 Å². The van der Waals surface area contributed by atoms with E-state index in [4.69, 9.17) is 9.47 Å². The van der Waals surface area contributed by atoms with Gasteiger partial charge in [-0.2, -0.15) is 0 Å². The van der Waals surface area contributed by atoms with E-state index in [9.17, 15) is 24.0 Å². The summed E-state index contributed by atoms with van der Waals surface area (Å²) in [6, 6.07) is 30.9. The van der Waals surface area contributed by atoms with Crippen LogP contribution in [0.1, 0.15) is 55.4 Å². The molecule has 7 rings (SSSR count). The van der Waals surface area contributed by atoms with Gasteiger partial charge in [0.2, 0.25) is 11.8 Å². The smallest absolute Gasteiger partial charge is 0.343 e. The third-order valence-corrected chi connectivity index (χ3v) is 9.34. The Bertz CT molecular complexity index is 1780. The number of Topliss-reactive ketones (excluding diaryl/α,β-unsaturated/α-hetero) is 1. The molecular formula is C37H29NO7. The molecule has 2 saturated carbocycles. The highest BCUT2D eigenvalue weighted by atomic mass is 16.5. The van der Waals surface area contributed by atoms with Crippen molar-refractivity contribution in [3.8, 4) is 5.75 Å². The molecule has 0 unspecified atom stereocenters. The SMILES string of the molecule is O=C(COC(=O)c1ccc(N2C(=O)[C@@H]3[C@@H]4C[C@@H]([C@H]3C2=O)[C@H](c2ccccc2)C4)cc1)c1ccc(OC(=O)c2ccccc2)cc1. The second kappa shape index (κ2) is 11.6. The van der Waals surface area contributed by atoms with E-state index >= 15 is 0 Å². The molecular weight excluding hydrogens is 570 g/mol. The van der Waals surface area contributed by atoms with Crippen LogP contribution in [0.25, 0.3) is 0 Å². The third-order valence-electron chi connectivity index (χ3n) is 9.34. The van der Waals surface area contributed by atoms with Crippen molar-refractivity contribution in [1.29, 1.82) is 0 Å². The molecule has 8 heteroatoms. The molecule has 0 radical (unpaired) electrons. The van der Waals surface area contributed by atoms with Gasteiger partial charge in [0.05, 0.1) is 28.7 Å². The molecule has 8 nitrogen and oxygen atoms in total. The topological polar surface area (TPSA) is 107 Å². The Morgan fingerprint density at radius 3 is 1.93 bits per heavy atom. The average molecular weight is 600 g/mol. The molecule has 1 aliphatic heterocycles. The lowest BCUT2D eigenvalue weighted by molar-refractivity contribution is -0.123. The Morgan fingerprint density at radius 1 is 0.644 bits per heavy atom. The maximum atomic E-state index is 13.6. The first-order valence-electron chi connectivity index (χ1n) is 15.0. The van der Waals surface area contributed by atoms with Crippen molar-refractivity contribution < 1.29 is 33.4 Å². The van der Waals surface area contributed by atoms with Crippen LogP contribution >= 0.6 is 0 Å². The van der Waals surface area contributed by atoms with Gasteiger partial charge in [0.25, 0.3) is 0 Å². The van der Waals surface area contributed by atoms with Gasteiger partial charge in [0.1, 0.15) is 5.75 Å². The molecule has 1 saturated heterocycles. The average Bonchev–Trinajstić information content (AvgIpc) is 3.75. The zero-order valence-electron chi connectivity index (χ0n) is 24.2. The number of hydrogen-bond donors (Lipinski definition) is 0. The van der Waals surface area contributed by atoms with Crippen molar-refractivity contribution in [3.63, 3.8) is 0 Å². The summed E-state index contributed by atoms with van der Waals surface area (Å²) in [6.45, 7) is -0.485. The number of benzene rings is 4. The van der Waals surface area contributed by atoms with Crippen molar-refractivity contribution in [1.82, 2.24) is 0 Å². The highest BCUT2D eigenvalue weighted by Gasteiger charge is 2.64. The van der Waals surface area contributed by atoms with Gasteiger partial charge in [0.15, 0.2) is 12.4 Å². The minimum Gasteiger partial charge on any atom is -0.454 e. The summed E-state index contributed by atoms with van der Waals surface area (Å²) in [5.41, 5.74) is 2.54. The number of anilines is 1. The van der Waals surface area contributed by atoms with Crippen LogP contribution in [-0.4, -0.2) is 36.1 Å². The number of nitrogens with zero attached hydrogens (tertiary/aromatic N) is 1. The van der Waals surface area contributed by atoms with E-state index in [1.807, 2.05) is 18.2 Å². The number of ether oxygens (including phenoxy) is 2. The summed E-state index contributed by atoms with van der Waals surface area (Å²) < 4.78 is 10.6. The molecule has 0 spiro atoms. The molecule has 0 N–H and O–H groups in total. The monoisotopic (exact) mass is 599 g/mol. The Hall–Kier alpha value is -5.37. The van der Waals surface area contributed by atoms with Crippen molar-refractivity contribution in [3.05, 3.63) is 131 Å². The molecule has 2 bridgehead atoms. The van der Waals surface area contributed by atoms with Gasteiger partial charge in [0, 0.05) is 5.56 Å². The van der Waals surface area contributed by atoms with Crippen LogP contribution in [0.3, 0.4) is 0 Å². The summed E-state index contributed by atoms with van der Waals surface area (Å²) in [6.07, 6.45) is 1.81. The number of imide groups is 1. The zero-order valence-corrected chi connectivity index (χ0v) is 24.2. The first kappa shape index (κ1) is 28.4. The number of carbonyl (C=O) groups is 5.